The molecule has 1 aliphatic heterocycles. The number of hydrogen-bond acceptors (Lipinski definition) is 8. The molecule has 0 spiro atoms. The van der Waals surface area contributed by atoms with Crippen LogP contribution in [-0.2, 0) is 25.4 Å². The van der Waals surface area contributed by atoms with Crippen molar-refractivity contribution >= 4 is 40.8 Å². The number of benzene rings is 1. The van der Waals surface area contributed by atoms with Crippen molar-refractivity contribution < 1.29 is 42.2 Å². The van der Waals surface area contributed by atoms with Crippen molar-refractivity contribution in [3.8, 4) is 11.5 Å². The van der Waals surface area contributed by atoms with Crippen LogP contribution in [0.4, 0.5) is 19.0 Å². The van der Waals surface area contributed by atoms with Gasteiger partial charge < -0.3 is 9.84 Å². The lowest BCUT2D eigenvalue weighted by molar-refractivity contribution is -0.141. The molecule has 0 saturated carbocycles. The van der Waals surface area contributed by atoms with E-state index in [4.69, 9.17) is 16.3 Å². The van der Waals surface area contributed by atoms with Crippen LogP contribution in [0, 0.1) is 17.8 Å². The van der Waals surface area contributed by atoms with Gasteiger partial charge in [-0.1, -0.05) is 29.3 Å². The topological polar surface area (TPSA) is 117 Å². The first-order valence-corrected chi connectivity index (χ1v) is 14.0. The van der Waals surface area contributed by atoms with Crippen molar-refractivity contribution in [3.63, 3.8) is 0 Å². The van der Waals surface area contributed by atoms with Gasteiger partial charge in [-0.2, -0.15) is 18.2 Å². The summed E-state index contributed by atoms with van der Waals surface area (Å²) in [6.45, 7) is 1.53. The molecule has 4 unspecified atom stereocenters. The highest BCUT2D eigenvalue weighted by Gasteiger charge is 2.57. The van der Waals surface area contributed by atoms with Crippen LogP contribution in [0.1, 0.15) is 36.9 Å². The molecule has 44 heavy (non-hydrogen) atoms. The maximum absolute atomic E-state index is 14.1. The lowest BCUT2D eigenvalue weighted by Gasteiger charge is -2.42. The number of hydrogen-bond donors (Lipinski definition) is 1. The van der Waals surface area contributed by atoms with Gasteiger partial charge in [-0.25, -0.2) is 4.98 Å². The van der Waals surface area contributed by atoms with Crippen molar-refractivity contribution in [1.29, 1.82) is 0 Å². The Morgan fingerprint density at radius 2 is 1.82 bits per heavy atom. The van der Waals surface area contributed by atoms with Crippen LogP contribution < -0.4 is 9.75 Å². The Balaban J connectivity index is 1.44. The second kappa shape index (κ2) is 10.3. The summed E-state index contributed by atoms with van der Waals surface area (Å²) in [4.78, 5) is 58.2. The van der Waals surface area contributed by atoms with E-state index in [-0.39, 0.29) is 57.6 Å². The highest BCUT2D eigenvalue weighted by molar-refractivity contribution is 6.33. The minimum Gasteiger partial charge on any atom is -0.504 e. The van der Waals surface area contributed by atoms with Crippen molar-refractivity contribution in [2.45, 2.75) is 31.9 Å². The van der Waals surface area contributed by atoms with Crippen molar-refractivity contribution in [2.75, 3.05) is 19.2 Å². The maximum Gasteiger partial charge on any atom is 0.433 e. The van der Waals surface area contributed by atoms with E-state index in [1.54, 1.807) is 18.2 Å². The van der Waals surface area contributed by atoms with Gasteiger partial charge in [-0.3, -0.25) is 24.2 Å². The van der Waals surface area contributed by atoms with Gasteiger partial charge >= 0.3 is 6.18 Å². The number of allylic oxidation sites excluding steroid dienone is 6. The SMILES string of the molecule is COc1cc(C2C3=CCC4C(=O)N(N(C)c5nc(C(F)(F)F)ccc5Cl)C(=O)C4C3CC3=C2C(=O)C=C(C)C3=O)ccc1O. The minimum absolute atomic E-state index is 0.0168. The molecule has 2 aromatic rings. The number of nitrogens with zero attached hydrogens (tertiary/aromatic N) is 3. The van der Waals surface area contributed by atoms with Crippen LogP contribution in [0.25, 0.3) is 0 Å². The highest BCUT2D eigenvalue weighted by atomic mass is 35.5. The first kappa shape index (κ1) is 29.6. The molecule has 0 bridgehead atoms. The number of imide groups is 1. The number of pyridine rings is 1. The average Bonchev–Trinajstić information content (AvgIpc) is 3.23. The van der Waals surface area contributed by atoms with Crippen molar-refractivity contribution in [1.82, 2.24) is 9.99 Å². The molecule has 2 amide bonds. The molecule has 0 radical (unpaired) electrons. The number of ketones is 2. The molecule has 3 aliphatic carbocycles. The van der Waals surface area contributed by atoms with Crippen LogP contribution >= 0.6 is 11.6 Å². The zero-order valence-electron chi connectivity index (χ0n) is 23.6. The van der Waals surface area contributed by atoms with E-state index in [0.717, 1.165) is 16.1 Å². The lowest BCUT2D eigenvalue weighted by atomic mass is 9.59. The molecule has 6 rings (SSSR count). The van der Waals surface area contributed by atoms with Gasteiger partial charge in [-0.15, -0.1) is 0 Å². The van der Waals surface area contributed by atoms with E-state index in [2.05, 4.69) is 4.98 Å². The van der Waals surface area contributed by atoms with Gasteiger partial charge in [0.05, 0.1) is 24.0 Å². The van der Waals surface area contributed by atoms with E-state index >= 15 is 0 Å². The normalized spacial score (nSPS) is 24.9. The number of carbonyl (C=O) groups is 4. The average molecular weight is 628 g/mol. The Kier molecular flexibility index (Phi) is 6.95. The zero-order chi connectivity index (χ0) is 31.8. The third-order valence-electron chi connectivity index (χ3n) is 8.80. The fraction of sp³-hybridized carbons (Fsp3) is 0.323. The molecule has 13 heteroatoms. The quantitative estimate of drug-likeness (QED) is 0.288. The third kappa shape index (κ3) is 4.42. The second-order valence-corrected chi connectivity index (χ2v) is 11.6. The van der Waals surface area contributed by atoms with Gasteiger partial charge in [0.1, 0.15) is 5.69 Å². The van der Waals surface area contributed by atoms with E-state index in [1.165, 1.54) is 33.2 Å². The number of aromatic nitrogens is 1. The third-order valence-corrected chi connectivity index (χ3v) is 9.10. The fourth-order valence-corrected chi connectivity index (χ4v) is 7.05. The number of hydrazine groups is 1. The Labute approximate surface area is 254 Å². The summed E-state index contributed by atoms with van der Waals surface area (Å²) in [5.74, 6) is -5.72. The van der Waals surface area contributed by atoms with Gasteiger partial charge in [0.25, 0.3) is 11.8 Å². The molecule has 1 aromatic heterocycles. The Morgan fingerprint density at radius 1 is 1.09 bits per heavy atom. The Hall–Kier alpha value is -4.45. The minimum atomic E-state index is -4.79. The number of fused-ring (bicyclic) bond motifs is 3. The van der Waals surface area contributed by atoms with Crippen LogP contribution in [0.5, 0.6) is 11.5 Å². The summed E-state index contributed by atoms with van der Waals surface area (Å²) in [5.41, 5.74) is 0.710. The van der Waals surface area contributed by atoms with Gasteiger partial charge in [0.15, 0.2) is 28.9 Å². The first-order chi connectivity index (χ1) is 20.7. The highest BCUT2D eigenvalue weighted by Crippen LogP contribution is 2.55. The number of anilines is 1. The number of methoxy groups -OCH3 is 1. The summed E-state index contributed by atoms with van der Waals surface area (Å²) in [6.07, 6.45) is -1.58. The number of aromatic hydroxyl groups is 1. The first-order valence-electron chi connectivity index (χ1n) is 13.7. The summed E-state index contributed by atoms with van der Waals surface area (Å²) in [7, 11) is 2.61. The summed E-state index contributed by atoms with van der Waals surface area (Å²) >= 11 is 6.18. The molecule has 4 atom stereocenters. The number of carbonyl (C=O) groups excluding carboxylic acids is 4. The smallest absolute Gasteiger partial charge is 0.433 e. The van der Waals surface area contributed by atoms with Crippen LogP contribution in [-0.4, -0.2) is 52.6 Å². The summed E-state index contributed by atoms with van der Waals surface area (Å²) in [5, 5.41) is 11.7. The largest absolute Gasteiger partial charge is 0.504 e. The molecular formula is C31H25ClF3N3O6. The molecule has 1 fully saturated rings. The van der Waals surface area contributed by atoms with E-state index in [9.17, 15) is 37.5 Å². The number of ether oxygens (including phenoxy) is 1. The lowest BCUT2D eigenvalue weighted by Crippen LogP contribution is -2.46. The van der Waals surface area contributed by atoms with E-state index in [0.29, 0.717) is 17.2 Å². The Morgan fingerprint density at radius 3 is 2.50 bits per heavy atom. The molecule has 228 valence electrons. The van der Waals surface area contributed by atoms with Crippen molar-refractivity contribution in [2.24, 2.45) is 17.8 Å². The second-order valence-electron chi connectivity index (χ2n) is 11.2. The summed E-state index contributed by atoms with van der Waals surface area (Å²) in [6, 6.07) is 6.27. The molecule has 1 N–H and O–H groups in total. The number of phenolic OH excluding ortho intramolecular Hbond substituents is 1. The Bertz CT molecular complexity index is 1760. The van der Waals surface area contributed by atoms with Gasteiger partial charge in [0, 0.05) is 29.7 Å². The molecule has 9 nitrogen and oxygen atoms in total. The fourth-order valence-electron chi connectivity index (χ4n) is 6.83. The number of alkyl halides is 3. The van der Waals surface area contributed by atoms with E-state index < -0.39 is 53.2 Å². The zero-order valence-corrected chi connectivity index (χ0v) is 24.4. The van der Waals surface area contributed by atoms with E-state index in [1.807, 2.05) is 0 Å². The number of phenols is 1. The maximum atomic E-state index is 14.1. The monoisotopic (exact) mass is 627 g/mol. The number of Topliss-reactive ketones (excluding diaryl/α,β-unsaturated/α-hetero) is 1. The van der Waals surface area contributed by atoms with Crippen LogP contribution in [0.3, 0.4) is 0 Å². The molecule has 1 saturated heterocycles. The van der Waals surface area contributed by atoms with Gasteiger partial charge in [-0.05, 0) is 61.6 Å². The van der Waals surface area contributed by atoms with Crippen molar-refractivity contribution in [3.05, 3.63) is 81.1 Å². The predicted molar refractivity (Wildman–Crippen MR) is 150 cm³/mol. The molecular weight excluding hydrogens is 603 g/mol. The molecule has 1 aromatic carbocycles. The van der Waals surface area contributed by atoms with Crippen LogP contribution in [0.15, 0.2) is 64.8 Å². The standard InChI is InChI=1S/C31H25ClF3N3O6/c1-13-10-21(40)26-18(27(13)41)12-17-15(24(26)14-4-8-20(39)22(11-14)44-3)5-6-16-25(17)30(43)38(29(16)42)37(2)28-19(32)7-9-23(36-28)31(33,34)35/h4-5,7-11,16-17,24-25,39H,6,12H2,1-3H3. The predicted octanol–water partition coefficient (Wildman–Crippen LogP) is 4.95. The van der Waals surface area contributed by atoms with Crippen LogP contribution in [0.2, 0.25) is 5.02 Å². The number of rotatable bonds is 4. The number of amides is 2. The molecule has 4 aliphatic rings. The molecule has 2 heterocycles. The summed E-state index contributed by atoms with van der Waals surface area (Å²) < 4.78 is 45.6. The van der Waals surface area contributed by atoms with Gasteiger partial charge in [0.2, 0.25) is 0 Å². The number of halogens is 4.